The summed E-state index contributed by atoms with van der Waals surface area (Å²) in [6, 6.07) is 7.99. The lowest BCUT2D eigenvalue weighted by Crippen LogP contribution is -2.31. The molecule has 0 fully saturated rings. The van der Waals surface area contributed by atoms with E-state index >= 15 is 0 Å². The third-order valence-corrected chi connectivity index (χ3v) is 3.72. The predicted octanol–water partition coefficient (Wildman–Crippen LogP) is 3.54. The summed E-state index contributed by atoms with van der Waals surface area (Å²) in [6.07, 6.45) is 2.01. The van der Waals surface area contributed by atoms with Crippen molar-refractivity contribution in [1.82, 2.24) is 15.1 Å². The molecule has 0 aliphatic heterocycles. The molecule has 6 heteroatoms. The van der Waals surface area contributed by atoms with E-state index in [1.165, 1.54) is 0 Å². The van der Waals surface area contributed by atoms with Gasteiger partial charge in [0.15, 0.2) is 5.11 Å². The topological polar surface area (TPSA) is 41.9 Å². The summed E-state index contributed by atoms with van der Waals surface area (Å²) in [5.41, 5.74) is 3.12. The Morgan fingerprint density at radius 2 is 2.00 bits per heavy atom. The second kappa shape index (κ2) is 6.37. The average molecular weight is 353 g/mol. The maximum atomic E-state index is 5.33. The Morgan fingerprint density at radius 1 is 1.35 bits per heavy atom. The quantitative estimate of drug-likeness (QED) is 0.829. The van der Waals surface area contributed by atoms with E-state index in [9.17, 15) is 0 Å². The van der Waals surface area contributed by atoms with Gasteiger partial charge in [-0.2, -0.15) is 5.10 Å². The monoisotopic (exact) mass is 352 g/mol. The van der Waals surface area contributed by atoms with E-state index in [0.29, 0.717) is 5.11 Å². The smallest absolute Gasteiger partial charge is 0.171 e. The molecular weight excluding hydrogens is 336 g/mol. The molecule has 1 heterocycles. The SMILES string of the molecule is Cc1nn(C)cc1C(C)NC(=S)Nc1ccc(Br)cc1. The fourth-order valence-corrected chi connectivity index (χ4v) is 2.58. The molecule has 0 spiro atoms. The molecule has 0 aliphatic carbocycles. The van der Waals surface area contributed by atoms with E-state index in [0.717, 1.165) is 21.4 Å². The van der Waals surface area contributed by atoms with Gasteiger partial charge in [-0.1, -0.05) is 15.9 Å². The van der Waals surface area contributed by atoms with Crippen molar-refractivity contribution in [2.75, 3.05) is 5.32 Å². The van der Waals surface area contributed by atoms with Crippen LogP contribution in [0, 0.1) is 6.92 Å². The van der Waals surface area contributed by atoms with Gasteiger partial charge < -0.3 is 10.6 Å². The molecule has 0 radical (unpaired) electrons. The van der Waals surface area contributed by atoms with Crippen LogP contribution in [0.2, 0.25) is 0 Å². The zero-order chi connectivity index (χ0) is 14.7. The Morgan fingerprint density at radius 3 is 2.55 bits per heavy atom. The number of nitrogens with one attached hydrogen (secondary N) is 2. The number of aromatic nitrogens is 2. The van der Waals surface area contributed by atoms with Gasteiger partial charge in [-0.15, -0.1) is 0 Å². The molecular formula is C14H17BrN4S. The van der Waals surface area contributed by atoms with Crippen LogP contribution in [0.3, 0.4) is 0 Å². The van der Waals surface area contributed by atoms with Crippen LogP contribution >= 0.6 is 28.1 Å². The summed E-state index contributed by atoms with van der Waals surface area (Å²) in [5, 5.41) is 11.4. The maximum Gasteiger partial charge on any atom is 0.171 e. The molecule has 0 amide bonds. The Bertz CT molecular complexity index is 606. The van der Waals surface area contributed by atoms with Gasteiger partial charge in [-0.3, -0.25) is 4.68 Å². The first-order chi connectivity index (χ1) is 9.45. The number of nitrogens with zero attached hydrogens (tertiary/aromatic N) is 2. The molecule has 0 bridgehead atoms. The lowest BCUT2D eigenvalue weighted by atomic mass is 10.1. The minimum Gasteiger partial charge on any atom is -0.356 e. The Labute approximate surface area is 132 Å². The first kappa shape index (κ1) is 15.0. The van der Waals surface area contributed by atoms with Crippen LogP contribution in [-0.2, 0) is 7.05 Å². The number of hydrogen-bond donors (Lipinski definition) is 2. The molecule has 1 aromatic heterocycles. The standard InChI is InChI=1S/C14H17BrN4S/c1-9(13-8-19(3)18-10(13)2)16-14(20)17-12-6-4-11(15)5-7-12/h4-9H,1-3H3,(H2,16,17,20). The van der Waals surface area contributed by atoms with Crippen molar-refractivity contribution in [1.29, 1.82) is 0 Å². The highest BCUT2D eigenvalue weighted by atomic mass is 79.9. The van der Waals surface area contributed by atoms with Crippen LogP contribution in [0.15, 0.2) is 34.9 Å². The van der Waals surface area contributed by atoms with Crippen LogP contribution in [0.1, 0.15) is 24.2 Å². The number of aryl methyl sites for hydroxylation is 2. The highest BCUT2D eigenvalue weighted by Gasteiger charge is 2.12. The zero-order valence-corrected chi connectivity index (χ0v) is 14.0. The van der Waals surface area contributed by atoms with Crippen molar-refractivity contribution >= 4 is 38.9 Å². The van der Waals surface area contributed by atoms with Crippen LogP contribution < -0.4 is 10.6 Å². The van der Waals surface area contributed by atoms with Gasteiger partial charge in [0.25, 0.3) is 0 Å². The Balaban J connectivity index is 1.97. The van der Waals surface area contributed by atoms with E-state index in [2.05, 4.69) is 38.6 Å². The first-order valence-electron chi connectivity index (χ1n) is 6.29. The van der Waals surface area contributed by atoms with E-state index < -0.39 is 0 Å². The molecule has 2 N–H and O–H groups in total. The van der Waals surface area contributed by atoms with Gasteiger partial charge in [0.05, 0.1) is 11.7 Å². The van der Waals surface area contributed by atoms with Gasteiger partial charge in [0.1, 0.15) is 0 Å². The molecule has 2 rings (SSSR count). The zero-order valence-electron chi connectivity index (χ0n) is 11.6. The lowest BCUT2D eigenvalue weighted by molar-refractivity contribution is 0.715. The number of rotatable bonds is 3. The van der Waals surface area contributed by atoms with Crippen molar-refractivity contribution < 1.29 is 0 Å². The van der Waals surface area contributed by atoms with Crippen LogP contribution in [0.25, 0.3) is 0 Å². The summed E-state index contributed by atoms with van der Waals surface area (Å²) in [4.78, 5) is 0. The van der Waals surface area contributed by atoms with Crippen molar-refractivity contribution in [3.05, 3.63) is 46.2 Å². The number of benzene rings is 1. The van der Waals surface area contributed by atoms with Crippen molar-refractivity contribution in [3.8, 4) is 0 Å². The summed E-state index contributed by atoms with van der Waals surface area (Å²) in [5.74, 6) is 0. The van der Waals surface area contributed by atoms with E-state index in [1.54, 1.807) is 0 Å². The van der Waals surface area contributed by atoms with E-state index in [1.807, 2.05) is 49.1 Å². The first-order valence-corrected chi connectivity index (χ1v) is 7.49. The minimum atomic E-state index is 0.110. The molecule has 1 unspecified atom stereocenters. The van der Waals surface area contributed by atoms with E-state index in [-0.39, 0.29) is 6.04 Å². The second-order valence-electron chi connectivity index (χ2n) is 4.67. The molecule has 20 heavy (non-hydrogen) atoms. The van der Waals surface area contributed by atoms with Gasteiger partial charge >= 0.3 is 0 Å². The average Bonchev–Trinajstić information content (AvgIpc) is 2.71. The third kappa shape index (κ3) is 3.80. The summed E-state index contributed by atoms with van der Waals surface area (Å²) < 4.78 is 2.86. The number of thiocarbonyl (C=S) groups is 1. The molecule has 0 saturated heterocycles. The van der Waals surface area contributed by atoms with Gasteiger partial charge in [-0.25, -0.2) is 0 Å². The normalized spacial score (nSPS) is 12.0. The van der Waals surface area contributed by atoms with Crippen molar-refractivity contribution in [2.45, 2.75) is 19.9 Å². The minimum absolute atomic E-state index is 0.110. The van der Waals surface area contributed by atoms with Crippen LogP contribution in [-0.4, -0.2) is 14.9 Å². The van der Waals surface area contributed by atoms with Crippen LogP contribution in [0.5, 0.6) is 0 Å². The summed E-state index contributed by atoms with van der Waals surface area (Å²) in [6.45, 7) is 4.07. The molecule has 0 aliphatic rings. The molecule has 106 valence electrons. The Hall–Kier alpha value is -1.40. The molecule has 0 saturated carbocycles. The van der Waals surface area contributed by atoms with Crippen molar-refractivity contribution in [3.63, 3.8) is 0 Å². The maximum absolute atomic E-state index is 5.33. The number of halogens is 1. The fraction of sp³-hybridized carbons (Fsp3) is 0.286. The van der Waals surface area contributed by atoms with Gasteiger partial charge in [-0.05, 0) is 50.3 Å². The predicted molar refractivity (Wildman–Crippen MR) is 89.9 cm³/mol. The summed E-state index contributed by atoms with van der Waals surface area (Å²) in [7, 11) is 1.92. The number of anilines is 1. The molecule has 2 aromatic rings. The van der Waals surface area contributed by atoms with Crippen LogP contribution in [0.4, 0.5) is 5.69 Å². The van der Waals surface area contributed by atoms with Gasteiger partial charge in [0, 0.05) is 29.0 Å². The highest BCUT2D eigenvalue weighted by Crippen LogP contribution is 2.17. The third-order valence-electron chi connectivity index (χ3n) is 2.97. The number of hydrogen-bond acceptors (Lipinski definition) is 2. The molecule has 1 atom stereocenters. The van der Waals surface area contributed by atoms with Crippen molar-refractivity contribution in [2.24, 2.45) is 7.05 Å². The fourth-order valence-electron chi connectivity index (χ4n) is 2.02. The molecule has 1 aromatic carbocycles. The van der Waals surface area contributed by atoms with Gasteiger partial charge in [0.2, 0.25) is 0 Å². The Kier molecular flexibility index (Phi) is 4.77. The molecule has 4 nitrogen and oxygen atoms in total. The van der Waals surface area contributed by atoms with E-state index in [4.69, 9.17) is 12.2 Å². The largest absolute Gasteiger partial charge is 0.356 e. The highest BCUT2D eigenvalue weighted by molar-refractivity contribution is 9.10. The second-order valence-corrected chi connectivity index (χ2v) is 5.99. The summed E-state index contributed by atoms with van der Waals surface area (Å²) >= 11 is 8.74. The lowest BCUT2D eigenvalue weighted by Gasteiger charge is -2.16.